The van der Waals surface area contributed by atoms with Crippen molar-refractivity contribution in [1.82, 2.24) is 4.90 Å². The zero-order chi connectivity index (χ0) is 12.1. The summed E-state index contributed by atoms with van der Waals surface area (Å²) in [4.78, 5) is 2.77. The van der Waals surface area contributed by atoms with E-state index >= 15 is 0 Å². The Morgan fingerprint density at radius 2 is 2.12 bits per heavy atom. The predicted molar refractivity (Wildman–Crippen MR) is 73.4 cm³/mol. The van der Waals surface area contributed by atoms with Crippen LogP contribution in [0.4, 0.5) is 4.39 Å². The summed E-state index contributed by atoms with van der Waals surface area (Å²) in [6.45, 7) is 4.00. The minimum atomic E-state index is -0.202. The lowest BCUT2D eigenvalue weighted by molar-refractivity contribution is 0.322. The van der Waals surface area contributed by atoms with Crippen molar-refractivity contribution in [2.24, 2.45) is 0 Å². The average Bonchev–Trinajstić information content (AvgIpc) is 2.19. The van der Waals surface area contributed by atoms with E-state index in [0.717, 1.165) is 29.5 Å². The monoisotopic (exact) mass is 351 g/mol. The molecule has 0 N–H and O–H groups in total. The zero-order valence-electron chi connectivity index (χ0n) is 9.51. The molecule has 0 saturated carbocycles. The number of rotatable bonds is 5. The highest BCUT2D eigenvalue weighted by atomic mass is 79.9. The van der Waals surface area contributed by atoms with Crippen molar-refractivity contribution >= 4 is 31.9 Å². The standard InChI is InChI=1S/C12H16Br2FN/c1-9(13)5-6-16(2)8-10-3-4-11(15)7-12(10)14/h3-4,7,9H,5-6,8H2,1-2H3. The lowest BCUT2D eigenvalue weighted by Crippen LogP contribution is -2.21. The average molecular weight is 353 g/mol. The van der Waals surface area contributed by atoms with Crippen molar-refractivity contribution in [3.8, 4) is 0 Å². The highest BCUT2D eigenvalue weighted by molar-refractivity contribution is 9.10. The van der Waals surface area contributed by atoms with Crippen LogP contribution in [-0.4, -0.2) is 23.3 Å². The highest BCUT2D eigenvalue weighted by Crippen LogP contribution is 2.19. The van der Waals surface area contributed by atoms with Crippen LogP contribution in [-0.2, 0) is 6.54 Å². The summed E-state index contributed by atoms with van der Waals surface area (Å²) < 4.78 is 13.7. The summed E-state index contributed by atoms with van der Waals surface area (Å²) in [5.41, 5.74) is 1.12. The number of nitrogens with zero attached hydrogens (tertiary/aromatic N) is 1. The number of alkyl halides is 1. The Labute approximate surface area is 113 Å². The summed E-state index contributed by atoms with van der Waals surface area (Å²) in [5.74, 6) is -0.202. The Bertz CT molecular complexity index is 342. The van der Waals surface area contributed by atoms with Crippen LogP contribution in [0.2, 0.25) is 0 Å². The third kappa shape index (κ3) is 4.93. The molecular formula is C12H16Br2FN. The van der Waals surface area contributed by atoms with Crippen molar-refractivity contribution in [2.75, 3.05) is 13.6 Å². The second-order valence-corrected chi connectivity index (χ2v) is 6.46. The van der Waals surface area contributed by atoms with Gasteiger partial charge in [0.25, 0.3) is 0 Å². The second-order valence-electron chi connectivity index (χ2n) is 4.04. The molecule has 0 aliphatic heterocycles. The summed E-state index contributed by atoms with van der Waals surface area (Å²) in [7, 11) is 2.07. The van der Waals surface area contributed by atoms with Crippen molar-refractivity contribution in [1.29, 1.82) is 0 Å². The van der Waals surface area contributed by atoms with E-state index in [2.05, 4.69) is 50.7 Å². The number of hydrogen-bond donors (Lipinski definition) is 0. The second kappa shape index (κ2) is 6.72. The normalized spacial score (nSPS) is 13.1. The Balaban J connectivity index is 2.52. The SMILES string of the molecule is CC(Br)CCN(C)Cc1ccc(F)cc1Br. The highest BCUT2D eigenvalue weighted by Gasteiger charge is 2.06. The van der Waals surface area contributed by atoms with Gasteiger partial charge < -0.3 is 4.90 Å². The van der Waals surface area contributed by atoms with Gasteiger partial charge in [0.15, 0.2) is 0 Å². The van der Waals surface area contributed by atoms with Crippen LogP contribution in [0.25, 0.3) is 0 Å². The molecule has 0 aliphatic carbocycles. The molecule has 16 heavy (non-hydrogen) atoms. The third-order valence-corrected chi connectivity index (χ3v) is 3.56. The van der Waals surface area contributed by atoms with Gasteiger partial charge in [-0.05, 0) is 37.7 Å². The first-order valence-corrected chi connectivity index (χ1v) is 6.96. The molecule has 1 aromatic rings. The fraction of sp³-hybridized carbons (Fsp3) is 0.500. The minimum Gasteiger partial charge on any atom is -0.302 e. The maximum Gasteiger partial charge on any atom is 0.124 e. The molecule has 0 heterocycles. The van der Waals surface area contributed by atoms with E-state index in [1.807, 2.05) is 6.07 Å². The van der Waals surface area contributed by atoms with Crippen molar-refractivity contribution in [3.63, 3.8) is 0 Å². The predicted octanol–water partition coefficient (Wildman–Crippen LogP) is 4.19. The van der Waals surface area contributed by atoms with Gasteiger partial charge in [-0.2, -0.15) is 0 Å². The first-order chi connectivity index (χ1) is 7.49. The van der Waals surface area contributed by atoms with Crippen molar-refractivity contribution in [2.45, 2.75) is 24.7 Å². The number of benzene rings is 1. The van der Waals surface area contributed by atoms with Gasteiger partial charge in [0.1, 0.15) is 5.82 Å². The van der Waals surface area contributed by atoms with E-state index in [-0.39, 0.29) is 5.82 Å². The van der Waals surface area contributed by atoms with Crippen LogP contribution in [0.5, 0.6) is 0 Å². The molecule has 0 spiro atoms. The Morgan fingerprint density at radius 1 is 1.44 bits per heavy atom. The van der Waals surface area contributed by atoms with Gasteiger partial charge in [0, 0.05) is 15.8 Å². The molecule has 0 aliphatic rings. The van der Waals surface area contributed by atoms with E-state index in [1.165, 1.54) is 12.1 Å². The summed E-state index contributed by atoms with van der Waals surface area (Å²) >= 11 is 6.91. The van der Waals surface area contributed by atoms with E-state index in [1.54, 1.807) is 0 Å². The lowest BCUT2D eigenvalue weighted by atomic mass is 10.2. The molecular weight excluding hydrogens is 337 g/mol. The third-order valence-electron chi connectivity index (χ3n) is 2.36. The minimum absolute atomic E-state index is 0.202. The molecule has 1 unspecified atom stereocenters. The first-order valence-electron chi connectivity index (χ1n) is 5.25. The number of hydrogen-bond acceptors (Lipinski definition) is 1. The van der Waals surface area contributed by atoms with Gasteiger partial charge in [-0.1, -0.05) is 44.8 Å². The van der Waals surface area contributed by atoms with Crippen LogP contribution in [0.3, 0.4) is 0 Å². The molecule has 0 aromatic heterocycles. The van der Waals surface area contributed by atoms with Gasteiger partial charge in [-0.3, -0.25) is 0 Å². The summed E-state index contributed by atoms with van der Waals surface area (Å²) in [5, 5.41) is 0. The van der Waals surface area contributed by atoms with Gasteiger partial charge in [-0.15, -0.1) is 0 Å². The molecule has 0 radical (unpaired) electrons. The van der Waals surface area contributed by atoms with Gasteiger partial charge in [-0.25, -0.2) is 4.39 Å². The Morgan fingerprint density at radius 3 is 2.69 bits per heavy atom. The lowest BCUT2D eigenvalue weighted by Gasteiger charge is -2.18. The summed E-state index contributed by atoms with van der Waals surface area (Å²) in [6.07, 6.45) is 1.11. The van der Waals surface area contributed by atoms with Gasteiger partial charge in [0.2, 0.25) is 0 Å². The van der Waals surface area contributed by atoms with Gasteiger partial charge >= 0.3 is 0 Å². The van der Waals surface area contributed by atoms with E-state index < -0.39 is 0 Å². The Hall–Kier alpha value is 0.0700. The maximum absolute atomic E-state index is 12.9. The summed E-state index contributed by atoms with van der Waals surface area (Å²) in [6, 6.07) is 4.84. The van der Waals surface area contributed by atoms with Crippen LogP contribution in [0.1, 0.15) is 18.9 Å². The van der Waals surface area contributed by atoms with Crippen molar-refractivity contribution in [3.05, 3.63) is 34.1 Å². The molecule has 0 saturated heterocycles. The zero-order valence-corrected chi connectivity index (χ0v) is 12.7. The fourth-order valence-corrected chi connectivity index (χ4v) is 2.10. The van der Waals surface area contributed by atoms with Crippen LogP contribution in [0, 0.1) is 5.82 Å². The molecule has 1 rings (SSSR count). The molecule has 1 nitrogen and oxygen atoms in total. The van der Waals surface area contributed by atoms with Crippen LogP contribution in [0.15, 0.2) is 22.7 Å². The van der Waals surface area contributed by atoms with Crippen LogP contribution >= 0.6 is 31.9 Å². The molecule has 90 valence electrons. The quantitative estimate of drug-likeness (QED) is 0.718. The van der Waals surface area contributed by atoms with E-state index in [0.29, 0.717) is 4.83 Å². The molecule has 0 fully saturated rings. The molecule has 4 heteroatoms. The topological polar surface area (TPSA) is 3.24 Å². The fourth-order valence-electron chi connectivity index (χ4n) is 1.42. The molecule has 1 atom stereocenters. The molecule has 0 bridgehead atoms. The van der Waals surface area contributed by atoms with Crippen LogP contribution < -0.4 is 0 Å². The smallest absolute Gasteiger partial charge is 0.124 e. The van der Waals surface area contributed by atoms with E-state index in [9.17, 15) is 4.39 Å². The Kier molecular flexibility index (Phi) is 5.94. The number of halogens is 3. The molecule has 0 amide bonds. The van der Waals surface area contributed by atoms with Crippen molar-refractivity contribution < 1.29 is 4.39 Å². The maximum atomic E-state index is 12.9. The largest absolute Gasteiger partial charge is 0.302 e. The van der Waals surface area contributed by atoms with Gasteiger partial charge in [0.05, 0.1) is 0 Å². The van der Waals surface area contributed by atoms with E-state index in [4.69, 9.17) is 0 Å². The molecule has 1 aromatic carbocycles. The first kappa shape index (κ1) is 14.1.